The Morgan fingerprint density at radius 3 is 2.63 bits per heavy atom. The fraction of sp³-hybridized carbons (Fsp3) is 0.444. The van der Waals surface area contributed by atoms with Gasteiger partial charge < -0.3 is 10.7 Å². The fourth-order valence-electron chi connectivity index (χ4n) is 1.38. The molecule has 0 atom stereocenters. The predicted molar refractivity (Wildman–Crippen MR) is 73.6 cm³/mol. The lowest BCUT2D eigenvalue weighted by Crippen LogP contribution is -2.21. The Bertz CT molecular complexity index is 562. The van der Waals surface area contributed by atoms with Gasteiger partial charge in [0.2, 0.25) is 0 Å². The van der Waals surface area contributed by atoms with E-state index >= 15 is 0 Å². The molecule has 0 aliphatic rings. The Morgan fingerprint density at radius 1 is 1.26 bits per heavy atom. The molecule has 2 rings (SSSR count). The van der Waals surface area contributed by atoms with Crippen molar-refractivity contribution in [2.75, 3.05) is 30.6 Å². The van der Waals surface area contributed by atoms with Crippen LogP contribution in [0.4, 0.5) is 11.8 Å². The maximum Gasteiger partial charge on any atom is 0.251 e. The highest BCUT2D eigenvalue weighted by atomic mass is 35.5. The van der Waals surface area contributed by atoms with Crippen LogP contribution in [0.25, 0.3) is 11.2 Å². The van der Waals surface area contributed by atoms with Crippen LogP contribution < -0.4 is 5.73 Å². The number of alkyl halides is 2. The molecule has 0 amide bonds. The second-order valence-corrected chi connectivity index (χ2v) is 4.29. The van der Waals surface area contributed by atoms with Gasteiger partial charge in [-0.15, -0.1) is 23.2 Å². The Morgan fingerprint density at radius 2 is 2.00 bits per heavy atom. The van der Waals surface area contributed by atoms with Crippen molar-refractivity contribution < 1.29 is 0 Å². The molecule has 8 nitrogen and oxygen atoms in total. The topological polar surface area (TPSA) is 108 Å². The van der Waals surface area contributed by atoms with Crippen molar-refractivity contribution in [3.8, 4) is 0 Å². The van der Waals surface area contributed by atoms with E-state index in [1.165, 1.54) is 6.33 Å². The lowest BCUT2D eigenvalue weighted by molar-refractivity contribution is 0.303. The molecule has 0 radical (unpaired) electrons. The van der Waals surface area contributed by atoms with Crippen LogP contribution in [0, 0.1) is 0 Å². The van der Waals surface area contributed by atoms with Crippen LogP contribution in [0.2, 0.25) is 0 Å². The number of nitrogens with two attached hydrogens (primary N) is 1. The van der Waals surface area contributed by atoms with Crippen LogP contribution in [-0.4, -0.2) is 49.8 Å². The van der Waals surface area contributed by atoms with Crippen molar-refractivity contribution >= 4 is 46.1 Å². The minimum atomic E-state index is 0.302. The third-order valence-corrected chi connectivity index (χ3v) is 2.59. The molecular weight excluding hydrogens is 291 g/mol. The molecule has 0 fully saturated rings. The molecule has 10 heteroatoms. The zero-order valence-corrected chi connectivity index (χ0v) is 11.4. The lowest BCUT2D eigenvalue weighted by Gasteiger charge is -2.13. The summed E-state index contributed by atoms with van der Waals surface area (Å²) in [6, 6.07) is 0. The van der Waals surface area contributed by atoms with Crippen LogP contribution in [-0.2, 0) is 0 Å². The summed E-state index contributed by atoms with van der Waals surface area (Å²) in [5.74, 6) is 1.50. The molecule has 0 saturated heterocycles. The van der Waals surface area contributed by atoms with Gasteiger partial charge in [0.05, 0.1) is 13.1 Å². The Balaban J connectivity index is 2.17. The highest BCUT2D eigenvalue weighted by Gasteiger charge is 2.07. The second kappa shape index (κ2) is 6.48. The molecule has 0 bridgehead atoms. The van der Waals surface area contributed by atoms with Gasteiger partial charge in [-0.1, -0.05) is 10.3 Å². The number of rotatable bonds is 6. The zero-order valence-electron chi connectivity index (χ0n) is 9.92. The maximum atomic E-state index is 5.68. The molecule has 0 saturated carbocycles. The minimum absolute atomic E-state index is 0.302. The number of hydrogen-bond acceptors (Lipinski definition) is 6. The van der Waals surface area contributed by atoms with E-state index in [4.69, 9.17) is 28.9 Å². The van der Waals surface area contributed by atoms with Crippen molar-refractivity contribution in [3.63, 3.8) is 0 Å². The average molecular weight is 303 g/mol. The summed E-state index contributed by atoms with van der Waals surface area (Å²) in [6.07, 6.45) is 1.34. The first-order valence-electron chi connectivity index (χ1n) is 5.49. The number of hydrogen-bond donors (Lipinski definition) is 2. The van der Waals surface area contributed by atoms with Crippen molar-refractivity contribution in [1.82, 2.24) is 24.9 Å². The third-order valence-electron chi connectivity index (χ3n) is 2.26. The zero-order chi connectivity index (χ0) is 13.7. The summed E-state index contributed by atoms with van der Waals surface area (Å²) in [5.41, 5.74) is 6.67. The van der Waals surface area contributed by atoms with E-state index in [0.29, 0.717) is 47.8 Å². The lowest BCUT2D eigenvalue weighted by atomic mass is 10.5. The predicted octanol–water partition coefficient (Wildman–Crippen LogP) is 1.71. The molecule has 102 valence electrons. The Labute approximate surface area is 119 Å². The van der Waals surface area contributed by atoms with Crippen LogP contribution in [0.5, 0.6) is 0 Å². The standard InChI is InChI=1S/C9H12Cl2N8/c10-1-3-19(4-2-11)18-17-9-15-6-7(12)13-5-14-8(6)16-9/h5H,1-4H2,(H3,12,13,14,15,16)/b18-17-. The van der Waals surface area contributed by atoms with Crippen LogP contribution in [0.3, 0.4) is 0 Å². The number of halogens is 2. The summed E-state index contributed by atoms with van der Waals surface area (Å²) < 4.78 is 0. The quantitative estimate of drug-likeness (QED) is 0.480. The summed E-state index contributed by atoms with van der Waals surface area (Å²) in [6.45, 7) is 1.11. The number of fused-ring (bicyclic) bond motifs is 1. The van der Waals surface area contributed by atoms with E-state index < -0.39 is 0 Å². The van der Waals surface area contributed by atoms with Crippen molar-refractivity contribution in [1.29, 1.82) is 0 Å². The Kier molecular flexibility index (Phi) is 4.69. The summed E-state index contributed by atoms with van der Waals surface area (Å²) in [4.78, 5) is 14.8. The average Bonchev–Trinajstić information content (AvgIpc) is 2.81. The molecule has 3 N–H and O–H groups in total. The van der Waals surface area contributed by atoms with E-state index in [1.807, 2.05) is 0 Å². The molecule has 2 aromatic heterocycles. The van der Waals surface area contributed by atoms with Gasteiger partial charge in [0, 0.05) is 11.8 Å². The van der Waals surface area contributed by atoms with Crippen molar-refractivity contribution in [2.45, 2.75) is 0 Å². The third kappa shape index (κ3) is 3.42. The molecule has 0 unspecified atom stereocenters. The smallest absolute Gasteiger partial charge is 0.251 e. The summed E-state index contributed by atoms with van der Waals surface area (Å²) in [7, 11) is 0. The number of H-pyrrole nitrogens is 1. The number of anilines is 1. The fourth-order valence-corrected chi connectivity index (χ4v) is 1.77. The van der Waals surface area contributed by atoms with Gasteiger partial charge in [0.1, 0.15) is 11.8 Å². The van der Waals surface area contributed by atoms with E-state index in [0.717, 1.165) is 0 Å². The maximum absolute atomic E-state index is 5.68. The highest BCUT2D eigenvalue weighted by Crippen LogP contribution is 2.17. The minimum Gasteiger partial charge on any atom is -0.382 e. The normalized spacial score (nSPS) is 11.5. The molecule has 2 aromatic rings. The SMILES string of the molecule is Nc1ncnc2nc(/N=N\N(CCCl)CCCl)[nH]c12. The van der Waals surface area contributed by atoms with E-state index in [9.17, 15) is 0 Å². The molecule has 0 aromatic carbocycles. The first-order chi connectivity index (χ1) is 9.24. The second-order valence-electron chi connectivity index (χ2n) is 3.54. The van der Waals surface area contributed by atoms with Crippen molar-refractivity contribution in [3.05, 3.63) is 6.33 Å². The van der Waals surface area contributed by atoms with E-state index in [1.54, 1.807) is 5.01 Å². The molecule has 19 heavy (non-hydrogen) atoms. The molecule has 2 heterocycles. The summed E-state index contributed by atoms with van der Waals surface area (Å²) in [5, 5.41) is 9.63. The number of aromatic nitrogens is 4. The molecule has 0 aliphatic heterocycles. The van der Waals surface area contributed by atoms with Gasteiger partial charge in [-0.3, -0.25) is 5.01 Å². The molecule has 0 spiro atoms. The first-order valence-corrected chi connectivity index (χ1v) is 6.56. The molecular formula is C9H12Cl2N8. The van der Waals surface area contributed by atoms with Gasteiger partial charge in [-0.25, -0.2) is 9.97 Å². The number of nitrogen functional groups attached to an aromatic ring is 1. The summed E-state index contributed by atoms with van der Waals surface area (Å²) >= 11 is 11.3. The number of nitrogens with zero attached hydrogens (tertiary/aromatic N) is 6. The van der Waals surface area contributed by atoms with Gasteiger partial charge in [0.15, 0.2) is 11.5 Å². The largest absolute Gasteiger partial charge is 0.382 e. The van der Waals surface area contributed by atoms with Crippen molar-refractivity contribution in [2.24, 2.45) is 10.3 Å². The van der Waals surface area contributed by atoms with Gasteiger partial charge in [-0.2, -0.15) is 4.98 Å². The molecule has 0 aliphatic carbocycles. The van der Waals surface area contributed by atoms with Crippen LogP contribution in [0.15, 0.2) is 16.7 Å². The number of nitrogens with one attached hydrogen (secondary N) is 1. The first kappa shape index (κ1) is 13.8. The van der Waals surface area contributed by atoms with Gasteiger partial charge >= 0.3 is 0 Å². The van der Waals surface area contributed by atoms with E-state index in [-0.39, 0.29) is 0 Å². The monoisotopic (exact) mass is 302 g/mol. The van der Waals surface area contributed by atoms with Gasteiger partial charge in [0.25, 0.3) is 5.95 Å². The van der Waals surface area contributed by atoms with Crippen LogP contribution >= 0.6 is 23.2 Å². The Hall–Kier alpha value is -1.67. The van der Waals surface area contributed by atoms with Crippen LogP contribution in [0.1, 0.15) is 0 Å². The van der Waals surface area contributed by atoms with Gasteiger partial charge in [-0.05, 0) is 0 Å². The van der Waals surface area contributed by atoms with E-state index in [2.05, 4.69) is 30.3 Å². The number of imidazole rings is 1. The number of aromatic amines is 1. The highest BCUT2D eigenvalue weighted by molar-refractivity contribution is 6.18.